The minimum absolute atomic E-state index is 0.0244. The van der Waals surface area contributed by atoms with E-state index in [0.29, 0.717) is 79.8 Å². The van der Waals surface area contributed by atoms with E-state index in [2.05, 4.69) is 0 Å². The van der Waals surface area contributed by atoms with Crippen LogP contribution in [0.25, 0.3) is 11.1 Å². The molecule has 240 valence electrons. The summed E-state index contributed by atoms with van der Waals surface area (Å²) in [6, 6.07) is 12.0. The molecule has 7 nitrogen and oxygen atoms in total. The molecule has 1 saturated heterocycles. The Morgan fingerprint density at radius 3 is 2.44 bits per heavy atom. The first-order chi connectivity index (χ1) is 21.5. The number of aliphatic hydroxyl groups is 1. The van der Waals surface area contributed by atoms with Crippen molar-refractivity contribution in [2.75, 3.05) is 33.0 Å². The van der Waals surface area contributed by atoms with Crippen LogP contribution in [0.15, 0.2) is 48.5 Å². The third kappa shape index (κ3) is 6.74. The number of carboxylic acids is 1. The Balaban J connectivity index is 1.17. The minimum atomic E-state index is -4.76. The molecule has 1 aliphatic carbocycles. The number of carboxylic acid groups (broad SMARTS) is 1. The highest BCUT2D eigenvalue weighted by atomic mass is 19.4. The number of halogens is 4. The second-order valence-corrected chi connectivity index (χ2v) is 12.0. The summed E-state index contributed by atoms with van der Waals surface area (Å²) in [5.41, 5.74) is -0.294. The first kappa shape index (κ1) is 31.2. The maximum atomic E-state index is 15.4. The van der Waals surface area contributed by atoms with E-state index in [1.165, 1.54) is 0 Å². The summed E-state index contributed by atoms with van der Waals surface area (Å²) in [7, 11) is 0. The Kier molecular flexibility index (Phi) is 8.67. The number of carbonyl (C=O) groups is 1. The SMILES string of the molecule is O=C(O)C[C@@H]1COc2cc(OCC[C@@H]3CCc4c(-c5ccc(OCC6(O)CCOCC6)cc5)c(C(F)(F)F)cc(F)c43)ccc21. The molecule has 0 spiro atoms. The number of ether oxygens (including phenoxy) is 4. The van der Waals surface area contributed by atoms with Crippen LogP contribution < -0.4 is 14.2 Å². The van der Waals surface area contributed by atoms with Crippen LogP contribution in [-0.4, -0.2) is 54.8 Å². The first-order valence-corrected chi connectivity index (χ1v) is 15.1. The molecule has 6 rings (SSSR count). The van der Waals surface area contributed by atoms with Gasteiger partial charge in [-0.15, -0.1) is 0 Å². The van der Waals surface area contributed by atoms with Crippen molar-refractivity contribution in [3.63, 3.8) is 0 Å². The highest BCUT2D eigenvalue weighted by Crippen LogP contribution is 2.48. The predicted molar refractivity (Wildman–Crippen MR) is 155 cm³/mol. The Labute approximate surface area is 257 Å². The molecule has 2 heterocycles. The summed E-state index contributed by atoms with van der Waals surface area (Å²) in [6.45, 7) is 1.40. The molecular weight excluding hydrogens is 596 g/mol. The van der Waals surface area contributed by atoms with Crippen LogP contribution in [0.1, 0.15) is 66.2 Å². The molecule has 2 N–H and O–H groups in total. The lowest BCUT2D eigenvalue weighted by Gasteiger charge is -2.31. The largest absolute Gasteiger partial charge is 0.493 e. The third-order valence-electron chi connectivity index (χ3n) is 8.98. The van der Waals surface area contributed by atoms with Crippen LogP contribution in [0.3, 0.4) is 0 Å². The molecular formula is C34H34F4O7. The van der Waals surface area contributed by atoms with Gasteiger partial charge in [-0.1, -0.05) is 18.2 Å². The van der Waals surface area contributed by atoms with Gasteiger partial charge in [-0.2, -0.15) is 13.2 Å². The van der Waals surface area contributed by atoms with Crippen LogP contribution in [0.5, 0.6) is 17.2 Å². The van der Waals surface area contributed by atoms with Crippen molar-refractivity contribution in [3.05, 3.63) is 76.6 Å². The lowest BCUT2D eigenvalue weighted by atomic mass is 9.89. The van der Waals surface area contributed by atoms with Crippen LogP contribution in [0.2, 0.25) is 0 Å². The number of rotatable bonds is 10. The fourth-order valence-corrected chi connectivity index (χ4v) is 6.60. The maximum absolute atomic E-state index is 15.4. The highest BCUT2D eigenvalue weighted by molar-refractivity contribution is 5.75. The summed E-state index contributed by atoms with van der Waals surface area (Å²) in [4.78, 5) is 11.1. The minimum Gasteiger partial charge on any atom is -0.493 e. The van der Waals surface area contributed by atoms with E-state index in [4.69, 9.17) is 24.1 Å². The summed E-state index contributed by atoms with van der Waals surface area (Å²) < 4.78 is 80.6. The summed E-state index contributed by atoms with van der Waals surface area (Å²) in [6.07, 6.45) is -2.74. The third-order valence-corrected chi connectivity index (χ3v) is 8.98. The zero-order valence-corrected chi connectivity index (χ0v) is 24.5. The second kappa shape index (κ2) is 12.5. The second-order valence-electron chi connectivity index (χ2n) is 12.0. The molecule has 3 aromatic rings. The number of hydrogen-bond acceptors (Lipinski definition) is 6. The lowest BCUT2D eigenvalue weighted by molar-refractivity contribution is -0.138. The quantitative estimate of drug-likeness (QED) is 0.236. The van der Waals surface area contributed by atoms with Crippen molar-refractivity contribution < 1.29 is 51.5 Å². The lowest BCUT2D eigenvalue weighted by Crippen LogP contribution is -2.41. The molecule has 3 aliphatic rings. The molecule has 2 atom stereocenters. The Bertz CT molecular complexity index is 1550. The van der Waals surface area contributed by atoms with E-state index in [0.717, 1.165) is 5.56 Å². The zero-order chi connectivity index (χ0) is 31.8. The smallest absolute Gasteiger partial charge is 0.417 e. The van der Waals surface area contributed by atoms with Crippen LogP contribution >= 0.6 is 0 Å². The van der Waals surface area contributed by atoms with E-state index in [9.17, 15) is 23.1 Å². The fourth-order valence-electron chi connectivity index (χ4n) is 6.60. The van der Waals surface area contributed by atoms with Gasteiger partial charge in [-0.05, 0) is 71.7 Å². The number of benzene rings is 3. The molecule has 11 heteroatoms. The molecule has 0 aromatic heterocycles. The molecule has 1 fully saturated rings. The van der Waals surface area contributed by atoms with Crippen molar-refractivity contribution >= 4 is 5.97 Å². The average Bonchev–Trinajstić information content (AvgIpc) is 3.60. The van der Waals surface area contributed by atoms with Gasteiger partial charge in [0.05, 0.1) is 25.2 Å². The molecule has 45 heavy (non-hydrogen) atoms. The molecule has 0 radical (unpaired) electrons. The van der Waals surface area contributed by atoms with Gasteiger partial charge >= 0.3 is 12.1 Å². The first-order valence-electron chi connectivity index (χ1n) is 15.1. The van der Waals surface area contributed by atoms with Crippen molar-refractivity contribution in [2.24, 2.45) is 0 Å². The van der Waals surface area contributed by atoms with Gasteiger partial charge in [-0.3, -0.25) is 4.79 Å². The summed E-state index contributed by atoms with van der Waals surface area (Å²) >= 11 is 0. The Morgan fingerprint density at radius 2 is 1.73 bits per heavy atom. The maximum Gasteiger partial charge on any atom is 0.417 e. The average molecular weight is 631 g/mol. The highest BCUT2D eigenvalue weighted by Gasteiger charge is 2.40. The topological polar surface area (TPSA) is 94.5 Å². The summed E-state index contributed by atoms with van der Waals surface area (Å²) in [5.74, 6) is -0.833. The molecule has 2 aliphatic heterocycles. The van der Waals surface area contributed by atoms with Gasteiger partial charge in [0.2, 0.25) is 0 Å². The van der Waals surface area contributed by atoms with E-state index in [1.54, 1.807) is 42.5 Å². The van der Waals surface area contributed by atoms with Crippen molar-refractivity contribution in [1.29, 1.82) is 0 Å². The Hall–Kier alpha value is -3.83. The Morgan fingerprint density at radius 1 is 1.00 bits per heavy atom. The molecule has 0 bridgehead atoms. The fraction of sp³-hybridized carbons (Fsp3) is 0.441. The van der Waals surface area contributed by atoms with Crippen LogP contribution in [0, 0.1) is 5.82 Å². The van der Waals surface area contributed by atoms with Crippen LogP contribution in [0.4, 0.5) is 17.6 Å². The molecule has 0 saturated carbocycles. The number of fused-ring (bicyclic) bond motifs is 2. The number of aliphatic carboxylic acids is 1. The number of hydrogen-bond donors (Lipinski definition) is 2. The standard InChI is InChI=1S/C34H34F4O7/c35-28-17-27(34(36,37)38)31(20-1-4-23(5-2-20)45-19-33(41)10-13-42-14-11-33)26-7-3-21(32(26)28)9-12-43-24-6-8-25-22(15-30(39)40)18-44-29(25)16-24/h1-2,4-6,8,16-17,21-22,41H,3,7,9-15,18-19H2,(H,39,40)/t21-,22+/m0/s1. The van der Waals surface area contributed by atoms with Crippen molar-refractivity contribution in [1.82, 2.24) is 0 Å². The van der Waals surface area contributed by atoms with Gasteiger partial charge in [-0.25, -0.2) is 4.39 Å². The molecule has 0 amide bonds. The molecule has 0 unspecified atom stereocenters. The van der Waals surface area contributed by atoms with Gasteiger partial charge < -0.3 is 29.2 Å². The van der Waals surface area contributed by atoms with Gasteiger partial charge in [0, 0.05) is 43.6 Å². The van der Waals surface area contributed by atoms with Gasteiger partial charge in [0.1, 0.15) is 35.3 Å². The monoisotopic (exact) mass is 630 g/mol. The van der Waals surface area contributed by atoms with Crippen molar-refractivity contribution in [2.45, 2.75) is 62.1 Å². The normalized spacial score (nSPS) is 20.3. The summed E-state index contributed by atoms with van der Waals surface area (Å²) in [5, 5.41) is 19.7. The van der Waals surface area contributed by atoms with Crippen molar-refractivity contribution in [3.8, 4) is 28.4 Å². The zero-order valence-electron chi connectivity index (χ0n) is 24.5. The van der Waals surface area contributed by atoms with E-state index in [-0.39, 0.29) is 49.2 Å². The molecule has 3 aromatic carbocycles. The van der Waals surface area contributed by atoms with E-state index >= 15 is 4.39 Å². The predicted octanol–water partition coefficient (Wildman–Crippen LogP) is 6.88. The van der Waals surface area contributed by atoms with Gasteiger partial charge in [0.25, 0.3) is 0 Å². The number of alkyl halides is 3. The van der Waals surface area contributed by atoms with E-state index < -0.39 is 29.1 Å². The van der Waals surface area contributed by atoms with Gasteiger partial charge in [0.15, 0.2) is 0 Å². The van der Waals surface area contributed by atoms with E-state index in [1.807, 2.05) is 0 Å². The van der Waals surface area contributed by atoms with Crippen LogP contribution in [-0.2, 0) is 22.1 Å².